The second-order valence-electron chi connectivity index (χ2n) is 9.80. The molecule has 206 valence electrons. The summed E-state index contributed by atoms with van der Waals surface area (Å²) in [5.41, 5.74) is 0.267. The number of rotatable bonds is 12. The van der Waals surface area contributed by atoms with Gasteiger partial charge in [0.1, 0.15) is 18.2 Å². The highest BCUT2D eigenvalue weighted by molar-refractivity contribution is 6.42. The largest absolute Gasteiger partial charge is 0.493 e. The van der Waals surface area contributed by atoms with Gasteiger partial charge in [0, 0.05) is 44.5 Å². The third-order valence-corrected chi connectivity index (χ3v) is 7.70. The zero-order chi connectivity index (χ0) is 27.0. The van der Waals surface area contributed by atoms with Crippen LogP contribution in [0.15, 0.2) is 48.8 Å². The van der Waals surface area contributed by atoms with Crippen LogP contribution in [0, 0.1) is 0 Å². The smallest absolute Gasteiger partial charge is 0.161 e. The van der Waals surface area contributed by atoms with Gasteiger partial charge in [-0.25, -0.2) is 4.98 Å². The van der Waals surface area contributed by atoms with Crippen LogP contribution in [0.25, 0.3) is 0 Å². The second kappa shape index (κ2) is 13.6. The summed E-state index contributed by atoms with van der Waals surface area (Å²) in [5.74, 6) is 3.19. The van der Waals surface area contributed by atoms with E-state index in [0.717, 1.165) is 68.3 Å². The maximum Gasteiger partial charge on any atom is 0.161 e. The molecule has 1 N–H and O–H groups in total. The van der Waals surface area contributed by atoms with E-state index in [4.69, 9.17) is 37.4 Å². The minimum absolute atomic E-state index is 0.220. The van der Waals surface area contributed by atoms with Crippen molar-refractivity contribution in [3.8, 4) is 17.2 Å². The Bertz CT molecular complexity index is 1190. The van der Waals surface area contributed by atoms with E-state index in [1.165, 1.54) is 0 Å². The minimum atomic E-state index is -0.887. The summed E-state index contributed by atoms with van der Waals surface area (Å²) < 4.78 is 19.7. The van der Waals surface area contributed by atoms with Crippen molar-refractivity contribution in [1.29, 1.82) is 0 Å². The fraction of sp³-hybridized carbons (Fsp3) is 0.483. The van der Waals surface area contributed by atoms with E-state index in [9.17, 15) is 5.11 Å². The Morgan fingerprint density at radius 2 is 1.89 bits per heavy atom. The molecule has 0 radical (unpaired) electrons. The SMILES string of the molecule is CCc1nccn1CCCOc1cc(CN2CCCC(O)(COc3ccc(Cl)c(Cl)c3)CC2)ccc1OC. The van der Waals surface area contributed by atoms with Gasteiger partial charge in [-0.05, 0) is 62.1 Å². The van der Waals surface area contributed by atoms with Crippen LogP contribution in [-0.2, 0) is 19.5 Å². The average molecular weight is 563 g/mol. The Labute approximate surface area is 235 Å². The Hall–Kier alpha value is -2.45. The van der Waals surface area contributed by atoms with Crippen molar-refractivity contribution in [2.24, 2.45) is 0 Å². The van der Waals surface area contributed by atoms with Gasteiger partial charge in [-0.3, -0.25) is 4.90 Å². The van der Waals surface area contributed by atoms with Crippen molar-refractivity contribution < 1.29 is 19.3 Å². The summed E-state index contributed by atoms with van der Waals surface area (Å²) in [6, 6.07) is 11.3. The molecular weight excluding hydrogens is 525 g/mol. The van der Waals surface area contributed by atoms with Crippen molar-refractivity contribution in [2.45, 2.75) is 57.7 Å². The number of imidazole rings is 1. The predicted molar refractivity (Wildman–Crippen MR) is 151 cm³/mol. The number of hydrogen-bond donors (Lipinski definition) is 1. The Morgan fingerprint density at radius 3 is 2.68 bits per heavy atom. The van der Waals surface area contributed by atoms with Crippen LogP contribution in [0.4, 0.5) is 0 Å². The van der Waals surface area contributed by atoms with Gasteiger partial charge in [0.2, 0.25) is 0 Å². The van der Waals surface area contributed by atoms with Gasteiger partial charge in [0.15, 0.2) is 11.5 Å². The molecule has 1 fully saturated rings. The zero-order valence-electron chi connectivity index (χ0n) is 22.2. The number of aromatic nitrogens is 2. The minimum Gasteiger partial charge on any atom is -0.493 e. The van der Waals surface area contributed by atoms with Gasteiger partial charge < -0.3 is 23.9 Å². The Kier molecular flexibility index (Phi) is 10.2. The maximum absolute atomic E-state index is 11.2. The third-order valence-electron chi connectivity index (χ3n) is 6.96. The quantitative estimate of drug-likeness (QED) is 0.272. The number of aliphatic hydroxyl groups is 1. The summed E-state index contributed by atoms with van der Waals surface area (Å²) in [7, 11) is 1.66. The second-order valence-corrected chi connectivity index (χ2v) is 10.6. The van der Waals surface area contributed by atoms with E-state index in [1.54, 1.807) is 25.3 Å². The summed E-state index contributed by atoms with van der Waals surface area (Å²) in [6.07, 6.45) is 7.85. The van der Waals surface area contributed by atoms with Crippen molar-refractivity contribution >= 4 is 23.2 Å². The van der Waals surface area contributed by atoms with E-state index in [2.05, 4.69) is 33.5 Å². The molecule has 1 saturated heterocycles. The summed E-state index contributed by atoms with van der Waals surface area (Å²) in [5, 5.41) is 12.1. The molecule has 0 aliphatic carbocycles. The molecule has 1 atom stereocenters. The molecular formula is C29H37Cl2N3O4. The highest BCUT2D eigenvalue weighted by Crippen LogP contribution is 2.31. The molecule has 3 aromatic rings. The first-order valence-electron chi connectivity index (χ1n) is 13.2. The third kappa shape index (κ3) is 7.79. The highest BCUT2D eigenvalue weighted by atomic mass is 35.5. The van der Waals surface area contributed by atoms with Crippen LogP contribution in [0.5, 0.6) is 17.2 Å². The number of aryl methyl sites for hydroxylation is 2. The first kappa shape index (κ1) is 28.6. The molecule has 1 aromatic heterocycles. The molecule has 4 rings (SSSR count). The molecule has 0 saturated carbocycles. The summed E-state index contributed by atoms with van der Waals surface area (Å²) in [4.78, 5) is 6.75. The highest BCUT2D eigenvalue weighted by Gasteiger charge is 2.31. The van der Waals surface area contributed by atoms with Crippen LogP contribution in [-0.4, -0.2) is 58.6 Å². The lowest BCUT2D eigenvalue weighted by atomic mass is 9.96. The fourth-order valence-corrected chi connectivity index (χ4v) is 5.08. The first-order chi connectivity index (χ1) is 18.4. The zero-order valence-corrected chi connectivity index (χ0v) is 23.7. The molecule has 0 bridgehead atoms. The van der Waals surface area contributed by atoms with Gasteiger partial charge in [-0.2, -0.15) is 0 Å². The number of ether oxygens (including phenoxy) is 3. The topological polar surface area (TPSA) is 69.0 Å². The lowest BCUT2D eigenvalue weighted by molar-refractivity contribution is -0.0168. The first-order valence-corrected chi connectivity index (χ1v) is 14.0. The number of methoxy groups -OCH3 is 1. The molecule has 2 aromatic carbocycles. The standard InChI is InChI=1S/C29H37Cl2N3O4/c1-3-28-32-12-16-34(28)14-5-17-37-27-18-22(6-9-26(27)36-2)20-33-13-4-10-29(35,11-15-33)21-38-23-7-8-24(30)25(31)19-23/h6-9,12,16,18-19,35H,3-5,10-11,13-15,17,20-21H2,1-2H3. The molecule has 7 nitrogen and oxygen atoms in total. The van der Waals surface area contributed by atoms with Crippen molar-refractivity contribution in [3.63, 3.8) is 0 Å². The van der Waals surface area contributed by atoms with Crippen molar-refractivity contribution in [3.05, 3.63) is 70.2 Å². The van der Waals surface area contributed by atoms with Crippen molar-refractivity contribution in [2.75, 3.05) is 33.4 Å². The van der Waals surface area contributed by atoms with Crippen LogP contribution in [0.2, 0.25) is 10.0 Å². The molecule has 1 aliphatic rings. The monoisotopic (exact) mass is 561 g/mol. The number of likely N-dealkylation sites (tertiary alicyclic amines) is 1. The van der Waals surface area contributed by atoms with Gasteiger partial charge in [-0.1, -0.05) is 36.2 Å². The molecule has 0 amide bonds. The number of nitrogens with zero attached hydrogens (tertiary/aromatic N) is 3. The molecule has 38 heavy (non-hydrogen) atoms. The van der Waals surface area contributed by atoms with Crippen LogP contribution in [0.1, 0.15) is 44.0 Å². The number of halogens is 2. The maximum atomic E-state index is 11.2. The molecule has 1 unspecified atom stereocenters. The Balaban J connectivity index is 1.29. The predicted octanol–water partition coefficient (Wildman–Crippen LogP) is 6.03. The Morgan fingerprint density at radius 1 is 1.03 bits per heavy atom. The van der Waals surface area contributed by atoms with Crippen molar-refractivity contribution in [1.82, 2.24) is 14.5 Å². The van der Waals surface area contributed by atoms with Gasteiger partial charge in [0.25, 0.3) is 0 Å². The van der Waals surface area contributed by atoms with E-state index in [1.807, 2.05) is 18.5 Å². The van der Waals surface area contributed by atoms with Gasteiger partial charge in [-0.15, -0.1) is 0 Å². The average Bonchev–Trinajstić information content (AvgIpc) is 3.30. The lowest BCUT2D eigenvalue weighted by Crippen LogP contribution is -2.37. The van der Waals surface area contributed by atoms with Crippen LogP contribution < -0.4 is 14.2 Å². The molecule has 1 aliphatic heterocycles. The van der Waals surface area contributed by atoms with E-state index < -0.39 is 5.60 Å². The molecule has 0 spiro atoms. The van der Waals surface area contributed by atoms with Gasteiger partial charge in [0.05, 0.1) is 29.4 Å². The lowest BCUT2D eigenvalue weighted by Gasteiger charge is -2.27. The summed E-state index contributed by atoms with van der Waals surface area (Å²) >= 11 is 12.1. The molecule has 9 heteroatoms. The summed E-state index contributed by atoms with van der Waals surface area (Å²) in [6.45, 7) is 6.25. The molecule has 2 heterocycles. The fourth-order valence-electron chi connectivity index (χ4n) is 4.79. The van der Waals surface area contributed by atoms with Crippen LogP contribution in [0.3, 0.4) is 0 Å². The van der Waals surface area contributed by atoms with E-state index in [-0.39, 0.29) is 6.61 Å². The number of benzene rings is 2. The van der Waals surface area contributed by atoms with Crippen LogP contribution >= 0.6 is 23.2 Å². The number of hydrogen-bond acceptors (Lipinski definition) is 6. The van der Waals surface area contributed by atoms with Gasteiger partial charge >= 0.3 is 0 Å². The normalized spacial score (nSPS) is 18.2. The van der Waals surface area contributed by atoms with E-state index >= 15 is 0 Å². The van der Waals surface area contributed by atoms with E-state index in [0.29, 0.717) is 35.2 Å².